The number of nitrogens with one attached hydrogen (secondary N) is 2. The van der Waals surface area contributed by atoms with Crippen LogP contribution in [0.25, 0.3) is 0 Å². The van der Waals surface area contributed by atoms with Crippen LogP contribution in [0.4, 0.5) is 4.39 Å². The zero-order valence-corrected chi connectivity index (χ0v) is 18.8. The fraction of sp³-hybridized carbons (Fsp3) is 0.333. The molecule has 0 spiro atoms. The smallest absolute Gasteiger partial charge is 0.253 e. The van der Waals surface area contributed by atoms with Crippen LogP contribution in [0.3, 0.4) is 0 Å². The molecule has 2 atom stereocenters. The van der Waals surface area contributed by atoms with Crippen LogP contribution in [0, 0.1) is 5.82 Å². The van der Waals surface area contributed by atoms with E-state index in [0.717, 1.165) is 30.5 Å². The average molecular weight is 455 g/mol. The summed E-state index contributed by atoms with van der Waals surface area (Å²) in [7, 11) is 1.82. The number of hydrogen-bond acceptors (Lipinski definition) is 6. The van der Waals surface area contributed by atoms with Crippen LogP contribution in [0.1, 0.15) is 46.9 Å². The quantitative estimate of drug-likeness (QED) is 0.504. The van der Waals surface area contributed by atoms with E-state index >= 15 is 0 Å². The minimum atomic E-state index is -0.217. The standard InChI is InChI=1S/C24H27FN4O2S/c1-29(10-4-8-20-13-23(28-27-20)17-5-2-7-19(25)11-17)24(30)18-6-3-9-22(12-18)31-14-21-15-32-16-26-21/h2-3,5-7,9,11-12,15-16,20,23,27-28H,4,8,10,13-14H2,1H3. The second-order valence-electron chi connectivity index (χ2n) is 7.99. The first-order chi connectivity index (χ1) is 15.6. The predicted molar refractivity (Wildman–Crippen MR) is 123 cm³/mol. The van der Waals surface area contributed by atoms with Crippen LogP contribution >= 0.6 is 11.3 Å². The molecule has 6 nitrogen and oxygen atoms in total. The maximum absolute atomic E-state index is 13.5. The molecule has 168 valence electrons. The van der Waals surface area contributed by atoms with Gasteiger partial charge < -0.3 is 9.64 Å². The second kappa shape index (κ2) is 10.7. The lowest BCUT2D eigenvalue weighted by molar-refractivity contribution is 0.0791. The lowest BCUT2D eigenvalue weighted by atomic mass is 9.99. The molecule has 1 aliphatic rings. The molecule has 32 heavy (non-hydrogen) atoms. The summed E-state index contributed by atoms with van der Waals surface area (Å²) in [6.45, 7) is 1.04. The Morgan fingerprint density at radius 1 is 1.25 bits per heavy atom. The molecule has 2 unspecified atom stereocenters. The summed E-state index contributed by atoms with van der Waals surface area (Å²) in [4.78, 5) is 18.8. The van der Waals surface area contributed by atoms with Crippen LogP contribution in [-0.4, -0.2) is 35.4 Å². The lowest BCUT2D eigenvalue weighted by Gasteiger charge is -2.19. The van der Waals surface area contributed by atoms with Gasteiger partial charge in [0.25, 0.3) is 5.91 Å². The highest BCUT2D eigenvalue weighted by molar-refractivity contribution is 7.07. The van der Waals surface area contributed by atoms with Crippen molar-refractivity contribution in [3.63, 3.8) is 0 Å². The number of hydrazine groups is 1. The molecule has 1 saturated heterocycles. The van der Waals surface area contributed by atoms with Gasteiger partial charge in [0.15, 0.2) is 0 Å². The summed E-state index contributed by atoms with van der Waals surface area (Å²) < 4.78 is 19.2. The van der Waals surface area contributed by atoms with E-state index in [4.69, 9.17) is 4.74 Å². The predicted octanol–water partition coefficient (Wildman–Crippen LogP) is 4.32. The monoisotopic (exact) mass is 454 g/mol. The molecule has 2 heterocycles. The Labute approximate surface area is 191 Å². The van der Waals surface area contributed by atoms with Crippen molar-refractivity contribution in [3.05, 3.63) is 82.1 Å². The molecule has 1 aliphatic heterocycles. The van der Waals surface area contributed by atoms with Crippen molar-refractivity contribution >= 4 is 17.2 Å². The number of benzene rings is 2. The normalized spacial score (nSPS) is 17.9. The lowest BCUT2D eigenvalue weighted by Crippen LogP contribution is -2.32. The Hall–Kier alpha value is -2.81. The molecule has 3 aromatic rings. The van der Waals surface area contributed by atoms with Gasteiger partial charge in [-0.05, 0) is 55.2 Å². The zero-order valence-electron chi connectivity index (χ0n) is 18.0. The summed E-state index contributed by atoms with van der Waals surface area (Å²) in [5.41, 5.74) is 10.7. The Kier molecular flexibility index (Phi) is 7.47. The van der Waals surface area contributed by atoms with Gasteiger partial charge in [0, 0.05) is 36.6 Å². The largest absolute Gasteiger partial charge is 0.487 e. The summed E-state index contributed by atoms with van der Waals surface area (Å²) >= 11 is 1.53. The molecular weight excluding hydrogens is 427 g/mol. The van der Waals surface area contributed by atoms with E-state index < -0.39 is 0 Å². The minimum Gasteiger partial charge on any atom is -0.487 e. The van der Waals surface area contributed by atoms with E-state index in [1.807, 2.05) is 30.6 Å². The van der Waals surface area contributed by atoms with E-state index in [9.17, 15) is 9.18 Å². The van der Waals surface area contributed by atoms with Gasteiger partial charge in [0.2, 0.25) is 0 Å². The highest BCUT2D eigenvalue weighted by Crippen LogP contribution is 2.24. The number of carbonyl (C=O) groups excluding carboxylic acids is 1. The molecule has 0 bridgehead atoms. The average Bonchev–Trinajstić information content (AvgIpc) is 3.50. The van der Waals surface area contributed by atoms with Crippen molar-refractivity contribution in [2.24, 2.45) is 0 Å². The Bertz CT molecular complexity index is 1030. The topological polar surface area (TPSA) is 66.5 Å². The third kappa shape index (κ3) is 5.91. The van der Waals surface area contributed by atoms with Crippen molar-refractivity contribution < 1.29 is 13.9 Å². The number of nitrogens with zero attached hydrogens (tertiary/aromatic N) is 2. The number of rotatable bonds is 9. The summed E-state index contributed by atoms with van der Waals surface area (Å²) in [6, 6.07) is 14.3. The van der Waals surface area contributed by atoms with Crippen LogP contribution < -0.4 is 15.6 Å². The highest BCUT2D eigenvalue weighted by atomic mass is 32.1. The molecular formula is C24H27FN4O2S. The fourth-order valence-corrected chi connectivity index (χ4v) is 4.38. The van der Waals surface area contributed by atoms with Crippen molar-refractivity contribution in [3.8, 4) is 5.75 Å². The Balaban J connectivity index is 1.22. The number of carbonyl (C=O) groups is 1. The maximum Gasteiger partial charge on any atom is 0.253 e. The van der Waals surface area contributed by atoms with Crippen molar-refractivity contribution in [2.75, 3.05) is 13.6 Å². The van der Waals surface area contributed by atoms with Crippen molar-refractivity contribution in [1.29, 1.82) is 0 Å². The third-order valence-electron chi connectivity index (χ3n) is 5.58. The van der Waals surface area contributed by atoms with Gasteiger partial charge in [-0.3, -0.25) is 15.6 Å². The molecule has 1 fully saturated rings. The van der Waals surface area contributed by atoms with Gasteiger partial charge in [0.05, 0.1) is 11.2 Å². The first kappa shape index (κ1) is 22.4. The van der Waals surface area contributed by atoms with Crippen LogP contribution in [0.5, 0.6) is 5.75 Å². The number of aromatic nitrogens is 1. The highest BCUT2D eigenvalue weighted by Gasteiger charge is 2.25. The van der Waals surface area contributed by atoms with Gasteiger partial charge >= 0.3 is 0 Å². The first-order valence-electron chi connectivity index (χ1n) is 10.7. The van der Waals surface area contributed by atoms with E-state index in [2.05, 4.69) is 15.8 Å². The zero-order chi connectivity index (χ0) is 22.3. The number of hydrogen-bond donors (Lipinski definition) is 2. The minimum absolute atomic E-state index is 0.0285. The van der Waals surface area contributed by atoms with Gasteiger partial charge in [-0.1, -0.05) is 18.2 Å². The van der Waals surface area contributed by atoms with Crippen molar-refractivity contribution in [2.45, 2.75) is 38.0 Å². The van der Waals surface area contributed by atoms with Gasteiger partial charge in [0.1, 0.15) is 18.2 Å². The SMILES string of the molecule is CN(CCCC1CC(c2cccc(F)c2)NN1)C(=O)c1cccc(OCc2cscn2)c1. The van der Waals surface area contributed by atoms with Crippen LogP contribution in [-0.2, 0) is 6.61 Å². The number of halogens is 1. The molecule has 4 rings (SSSR count). The summed E-state index contributed by atoms with van der Waals surface area (Å²) in [6.07, 6.45) is 2.68. The van der Waals surface area contributed by atoms with Crippen LogP contribution in [0.2, 0.25) is 0 Å². The molecule has 0 radical (unpaired) electrons. The van der Waals surface area contributed by atoms with E-state index in [1.54, 1.807) is 34.7 Å². The molecule has 2 N–H and O–H groups in total. The Morgan fingerprint density at radius 2 is 2.12 bits per heavy atom. The maximum atomic E-state index is 13.5. The molecule has 0 aliphatic carbocycles. The van der Waals surface area contributed by atoms with Gasteiger partial charge in [-0.25, -0.2) is 9.37 Å². The fourth-order valence-electron chi connectivity index (χ4n) is 3.84. The van der Waals surface area contributed by atoms with E-state index in [0.29, 0.717) is 24.5 Å². The number of amides is 1. The van der Waals surface area contributed by atoms with E-state index in [1.165, 1.54) is 17.4 Å². The number of ether oxygens (including phenoxy) is 1. The van der Waals surface area contributed by atoms with E-state index in [-0.39, 0.29) is 23.8 Å². The molecule has 2 aromatic carbocycles. The van der Waals surface area contributed by atoms with Gasteiger partial charge in [-0.2, -0.15) is 0 Å². The van der Waals surface area contributed by atoms with Gasteiger partial charge in [-0.15, -0.1) is 11.3 Å². The molecule has 0 saturated carbocycles. The second-order valence-corrected chi connectivity index (χ2v) is 8.71. The third-order valence-corrected chi connectivity index (χ3v) is 6.21. The molecule has 1 aromatic heterocycles. The molecule has 1 amide bonds. The molecule has 8 heteroatoms. The first-order valence-corrected chi connectivity index (χ1v) is 11.6. The number of thiazole rings is 1. The van der Waals surface area contributed by atoms with Crippen molar-refractivity contribution in [1.82, 2.24) is 20.7 Å². The summed E-state index contributed by atoms with van der Waals surface area (Å²) in [5.74, 6) is 0.409. The van der Waals surface area contributed by atoms with Crippen LogP contribution in [0.15, 0.2) is 59.4 Å². The summed E-state index contributed by atoms with van der Waals surface area (Å²) in [5, 5.41) is 1.94. The Morgan fingerprint density at radius 3 is 2.94 bits per heavy atom.